The van der Waals surface area contributed by atoms with Crippen LogP contribution < -0.4 is 10.6 Å². The molecule has 16 nitrogen and oxygen atoms in total. The second kappa shape index (κ2) is 17.5. The van der Waals surface area contributed by atoms with E-state index < -0.39 is 36.1 Å². The van der Waals surface area contributed by atoms with E-state index in [-0.39, 0.29) is 48.4 Å². The normalized spacial score (nSPS) is 22.0. The molecule has 320 valence electrons. The number of amides is 4. The van der Waals surface area contributed by atoms with Crippen molar-refractivity contribution in [3.63, 3.8) is 0 Å². The number of nitrogens with one attached hydrogen (secondary N) is 4. The highest BCUT2D eigenvalue weighted by Gasteiger charge is 2.55. The van der Waals surface area contributed by atoms with E-state index >= 15 is 0 Å². The third kappa shape index (κ3) is 8.61. The number of likely N-dealkylation sites (tertiary alicyclic amines) is 2. The van der Waals surface area contributed by atoms with E-state index in [0.29, 0.717) is 24.6 Å². The number of carbonyl (C=O) groups excluding carboxylic acids is 4. The number of alkyl carbamates (subject to hydrolysis) is 2. The molecule has 16 heteroatoms. The molecule has 7 rings (SSSR count). The van der Waals surface area contributed by atoms with Gasteiger partial charge < -0.3 is 49.3 Å². The third-order valence-electron chi connectivity index (χ3n) is 11.9. The largest absolute Gasteiger partial charge is 0.453 e. The summed E-state index contributed by atoms with van der Waals surface area (Å²) in [6.07, 6.45) is 3.95. The fourth-order valence-corrected chi connectivity index (χ4v) is 8.44. The average molecular weight is 825 g/mol. The summed E-state index contributed by atoms with van der Waals surface area (Å²) < 4.78 is 22.3. The number of hydrogen-bond acceptors (Lipinski definition) is 10. The van der Waals surface area contributed by atoms with Gasteiger partial charge >= 0.3 is 12.2 Å². The number of benzene rings is 2. The standard InChI is InChI=1S/C44H56N8O8/c1-24(2)36(49-42(55)57-7)40(53)51-19-9-10-34(51)38-45-21-32(47-38)30-15-11-28(12-16-30)29-13-17-31(18-14-29)33-22-46-39(48-33)35-20-44(59-26(5)27(6)60-44)23-52(35)41(54)37(25(3)4)50-43(56)58-8/h11-18,21-22,24-27,34-37H,9-10,19-20,23H2,1-8H3,(H,45,47)(H,46,48)(H,49,55)(H,50,56)/t26-,27-,34+,35+,36+,37+/m1/s1. The van der Waals surface area contributed by atoms with Crippen molar-refractivity contribution in [2.24, 2.45) is 11.8 Å². The van der Waals surface area contributed by atoms with Crippen LogP contribution in [-0.4, -0.2) is 111 Å². The molecule has 0 saturated carbocycles. The van der Waals surface area contributed by atoms with Crippen molar-refractivity contribution in [3.8, 4) is 33.6 Å². The first-order chi connectivity index (χ1) is 28.7. The number of imidazole rings is 2. The Hall–Kier alpha value is -5.74. The van der Waals surface area contributed by atoms with Crippen LogP contribution in [0.25, 0.3) is 33.6 Å². The van der Waals surface area contributed by atoms with Crippen molar-refractivity contribution in [1.29, 1.82) is 0 Å². The number of hydrogen-bond donors (Lipinski definition) is 4. The summed E-state index contributed by atoms with van der Waals surface area (Å²) in [7, 11) is 2.56. The second-order valence-corrected chi connectivity index (χ2v) is 16.7. The van der Waals surface area contributed by atoms with Gasteiger partial charge in [-0.3, -0.25) is 9.59 Å². The maximum Gasteiger partial charge on any atom is 0.407 e. The molecule has 0 radical (unpaired) electrons. The lowest BCUT2D eigenvalue weighted by atomic mass is 10.0. The number of aromatic nitrogens is 4. The molecule has 0 aliphatic carbocycles. The Morgan fingerprint density at radius 1 is 0.700 bits per heavy atom. The van der Waals surface area contributed by atoms with Crippen LogP contribution in [0.1, 0.15) is 84.5 Å². The summed E-state index contributed by atoms with van der Waals surface area (Å²) in [5.74, 6) is -0.412. The molecule has 2 aromatic carbocycles. The van der Waals surface area contributed by atoms with E-state index in [1.54, 1.807) is 22.2 Å². The smallest absolute Gasteiger partial charge is 0.407 e. The highest BCUT2D eigenvalue weighted by Crippen LogP contribution is 2.45. The van der Waals surface area contributed by atoms with Crippen molar-refractivity contribution >= 4 is 24.0 Å². The van der Waals surface area contributed by atoms with E-state index in [9.17, 15) is 19.2 Å². The fourth-order valence-electron chi connectivity index (χ4n) is 8.44. The van der Waals surface area contributed by atoms with Gasteiger partial charge in [-0.15, -0.1) is 0 Å². The Balaban J connectivity index is 1.04. The molecule has 3 saturated heterocycles. The van der Waals surface area contributed by atoms with Crippen LogP contribution in [0.5, 0.6) is 0 Å². The van der Waals surface area contributed by atoms with Crippen molar-refractivity contribution < 1.29 is 38.1 Å². The zero-order valence-corrected chi connectivity index (χ0v) is 35.5. The Bertz CT molecular complexity index is 2160. The first kappa shape index (κ1) is 42.4. The quantitative estimate of drug-likeness (QED) is 0.132. The Morgan fingerprint density at radius 2 is 1.13 bits per heavy atom. The SMILES string of the molecule is COC(=O)N[C@H](C(=O)N1CCC[C@H]1c1ncc(-c2ccc(-c3ccc(-c4cnc([C@@H]5CC6(CN5C(=O)[C@@H](NC(=O)OC)C(C)C)O[C@H](C)[C@@H](C)O6)[nH]4)cc3)cc2)[nH]1)C(C)C. The van der Waals surface area contributed by atoms with E-state index in [4.69, 9.17) is 23.9 Å². The van der Waals surface area contributed by atoms with Crippen LogP contribution >= 0.6 is 0 Å². The predicted octanol–water partition coefficient (Wildman–Crippen LogP) is 6.35. The van der Waals surface area contributed by atoms with Gasteiger partial charge in [0, 0.05) is 13.0 Å². The lowest BCUT2D eigenvalue weighted by Gasteiger charge is -2.30. The average Bonchev–Trinajstić information content (AvgIpc) is 4.09. The van der Waals surface area contributed by atoms with E-state index in [1.165, 1.54) is 14.2 Å². The molecular weight excluding hydrogens is 769 g/mol. The van der Waals surface area contributed by atoms with Crippen molar-refractivity contribution in [1.82, 2.24) is 40.4 Å². The van der Waals surface area contributed by atoms with Crippen LogP contribution in [0.3, 0.4) is 0 Å². The molecule has 4 amide bonds. The molecule has 1 spiro atoms. The van der Waals surface area contributed by atoms with Gasteiger partial charge in [0.15, 0.2) is 5.79 Å². The molecule has 4 aromatic rings. The number of rotatable bonds is 11. The van der Waals surface area contributed by atoms with E-state index in [1.807, 2.05) is 65.8 Å². The Labute approximate surface area is 350 Å². The van der Waals surface area contributed by atoms with Gasteiger partial charge in [-0.1, -0.05) is 76.2 Å². The molecule has 0 bridgehead atoms. The summed E-state index contributed by atoms with van der Waals surface area (Å²) in [4.78, 5) is 71.7. The second-order valence-electron chi connectivity index (χ2n) is 16.7. The fraction of sp³-hybridized carbons (Fsp3) is 0.500. The monoisotopic (exact) mass is 824 g/mol. The number of carbonyl (C=O) groups is 4. The summed E-state index contributed by atoms with van der Waals surface area (Å²) in [6, 6.07) is 14.2. The van der Waals surface area contributed by atoms with Crippen LogP contribution in [0, 0.1) is 11.8 Å². The predicted molar refractivity (Wildman–Crippen MR) is 222 cm³/mol. The molecule has 4 N–H and O–H groups in total. The molecule has 5 heterocycles. The van der Waals surface area contributed by atoms with Gasteiger partial charge in [-0.05, 0) is 60.8 Å². The molecule has 60 heavy (non-hydrogen) atoms. The van der Waals surface area contributed by atoms with E-state index in [2.05, 4.69) is 49.9 Å². The summed E-state index contributed by atoms with van der Waals surface area (Å²) in [6.45, 7) is 12.2. The number of aromatic amines is 2. The van der Waals surface area contributed by atoms with E-state index in [0.717, 1.165) is 46.5 Å². The van der Waals surface area contributed by atoms with Gasteiger partial charge in [0.1, 0.15) is 23.7 Å². The van der Waals surface area contributed by atoms with Crippen LogP contribution in [-0.2, 0) is 28.5 Å². The minimum atomic E-state index is -0.990. The van der Waals surface area contributed by atoms with Gasteiger partial charge in [-0.2, -0.15) is 0 Å². The lowest BCUT2D eigenvalue weighted by molar-refractivity contribution is -0.166. The highest BCUT2D eigenvalue weighted by atomic mass is 16.8. The zero-order chi connectivity index (χ0) is 42.9. The molecule has 6 atom stereocenters. The van der Waals surface area contributed by atoms with Gasteiger partial charge in [0.25, 0.3) is 0 Å². The molecule has 3 aliphatic heterocycles. The summed E-state index contributed by atoms with van der Waals surface area (Å²) in [5, 5.41) is 5.40. The first-order valence-electron chi connectivity index (χ1n) is 20.7. The number of ether oxygens (including phenoxy) is 4. The van der Waals surface area contributed by atoms with Gasteiger partial charge in [0.2, 0.25) is 11.8 Å². The lowest BCUT2D eigenvalue weighted by Crippen LogP contribution is -2.52. The van der Waals surface area contributed by atoms with Crippen LogP contribution in [0.4, 0.5) is 9.59 Å². The molecular formula is C44H56N8O8. The molecule has 3 fully saturated rings. The number of methoxy groups -OCH3 is 2. The van der Waals surface area contributed by atoms with Crippen molar-refractivity contribution in [2.75, 3.05) is 27.3 Å². The van der Waals surface area contributed by atoms with Crippen molar-refractivity contribution in [3.05, 3.63) is 72.6 Å². The molecule has 3 aliphatic rings. The topological polar surface area (TPSA) is 193 Å². The summed E-state index contributed by atoms with van der Waals surface area (Å²) >= 11 is 0. The highest BCUT2D eigenvalue weighted by molar-refractivity contribution is 5.87. The maximum absolute atomic E-state index is 14.1. The van der Waals surface area contributed by atoms with Crippen molar-refractivity contribution in [2.45, 2.75) is 103 Å². The minimum Gasteiger partial charge on any atom is -0.453 e. The Kier molecular flexibility index (Phi) is 12.3. The maximum atomic E-state index is 14.1. The van der Waals surface area contributed by atoms with Gasteiger partial charge in [-0.25, -0.2) is 19.6 Å². The molecule has 0 unspecified atom stereocenters. The van der Waals surface area contributed by atoms with Gasteiger partial charge in [0.05, 0.1) is 68.8 Å². The number of nitrogens with zero attached hydrogens (tertiary/aromatic N) is 4. The van der Waals surface area contributed by atoms with Crippen LogP contribution in [0.2, 0.25) is 0 Å². The minimum absolute atomic E-state index is 0.114. The van der Waals surface area contributed by atoms with Crippen LogP contribution in [0.15, 0.2) is 60.9 Å². The Morgan fingerprint density at radius 3 is 1.58 bits per heavy atom. The first-order valence-corrected chi connectivity index (χ1v) is 20.7. The third-order valence-corrected chi connectivity index (χ3v) is 11.9. The summed E-state index contributed by atoms with van der Waals surface area (Å²) in [5.41, 5.74) is 5.58. The molecule has 2 aromatic heterocycles. The zero-order valence-electron chi connectivity index (χ0n) is 35.5. The number of H-pyrrole nitrogens is 2.